The molecule has 152 valence electrons. The minimum absolute atomic E-state index is 0.00437. The van der Waals surface area contributed by atoms with E-state index in [1.54, 1.807) is 6.07 Å². The zero-order valence-corrected chi connectivity index (χ0v) is 15.1. The van der Waals surface area contributed by atoms with Crippen LogP contribution in [-0.4, -0.2) is 46.6 Å². The number of carbonyl (C=O) groups excluding carboxylic acids is 1. The first-order chi connectivity index (χ1) is 13.9. The van der Waals surface area contributed by atoms with E-state index in [2.05, 4.69) is 15.2 Å². The summed E-state index contributed by atoms with van der Waals surface area (Å²) >= 11 is 0. The van der Waals surface area contributed by atoms with Crippen molar-refractivity contribution >= 4 is 11.4 Å². The Hall–Kier alpha value is -3.43. The Morgan fingerprint density at radius 1 is 1.34 bits per heavy atom. The molecule has 1 saturated carbocycles. The van der Waals surface area contributed by atoms with E-state index in [1.165, 1.54) is 42.2 Å². The zero-order chi connectivity index (χ0) is 20.7. The van der Waals surface area contributed by atoms with Crippen LogP contribution in [0.1, 0.15) is 16.8 Å². The lowest BCUT2D eigenvalue weighted by Crippen LogP contribution is -2.28. The van der Waals surface area contributed by atoms with Gasteiger partial charge in [-0.15, -0.1) is 0 Å². The SMILES string of the molecule is COc1cc(-c2cnn3cc(O)ccc23)cc(OC(F)F)c1C(=O)N[C@@H]1C[C@@H]1F. The van der Waals surface area contributed by atoms with Gasteiger partial charge >= 0.3 is 6.61 Å². The first-order valence-electron chi connectivity index (χ1n) is 8.66. The molecule has 4 rings (SSSR count). The number of pyridine rings is 1. The zero-order valence-electron chi connectivity index (χ0n) is 15.1. The van der Waals surface area contributed by atoms with Gasteiger partial charge < -0.3 is 19.9 Å². The Kier molecular flexibility index (Phi) is 4.69. The Bertz CT molecular complexity index is 1090. The first-order valence-corrected chi connectivity index (χ1v) is 8.66. The molecule has 0 bridgehead atoms. The third-order valence-corrected chi connectivity index (χ3v) is 4.57. The van der Waals surface area contributed by atoms with Crippen molar-refractivity contribution < 1.29 is 32.5 Å². The summed E-state index contributed by atoms with van der Waals surface area (Å²) < 4.78 is 50.4. The van der Waals surface area contributed by atoms with E-state index in [4.69, 9.17) is 4.74 Å². The fraction of sp³-hybridized carbons (Fsp3) is 0.263. The van der Waals surface area contributed by atoms with Crippen LogP contribution in [-0.2, 0) is 0 Å². The molecule has 0 unspecified atom stereocenters. The van der Waals surface area contributed by atoms with E-state index in [-0.39, 0.29) is 23.5 Å². The van der Waals surface area contributed by atoms with Gasteiger partial charge in [-0.05, 0) is 29.8 Å². The number of amides is 1. The molecule has 1 aliphatic carbocycles. The molecular formula is C19H16F3N3O4. The molecule has 2 aromatic heterocycles. The molecule has 1 fully saturated rings. The molecule has 1 aliphatic rings. The number of methoxy groups -OCH3 is 1. The maximum Gasteiger partial charge on any atom is 0.387 e. The van der Waals surface area contributed by atoms with Crippen LogP contribution in [0.25, 0.3) is 16.6 Å². The Morgan fingerprint density at radius 2 is 2.07 bits per heavy atom. The van der Waals surface area contributed by atoms with E-state index >= 15 is 0 Å². The van der Waals surface area contributed by atoms with Crippen molar-refractivity contribution in [2.75, 3.05) is 7.11 Å². The molecule has 0 aliphatic heterocycles. The highest BCUT2D eigenvalue weighted by Gasteiger charge is 2.40. The Morgan fingerprint density at radius 3 is 2.72 bits per heavy atom. The van der Waals surface area contributed by atoms with Crippen molar-refractivity contribution in [3.8, 4) is 28.4 Å². The second kappa shape index (κ2) is 7.19. The number of ether oxygens (including phenoxy) is 2. The van der Waals surface area contributed by atoms with Gasteiger partial charge in [-0.25, -0.2) is 8.91 Å². The summed E-state index contributed by atoms with van der Waals surface area (Å²) in [6.07, 6.45) is 1.89. The predicted molar refractivity (Wildman–Crippen MR) is 96.2 cm³/mol. The van der Waals surface area contributed by atoms with E-state index in [1.807, 2.05) is 0 Å². The van der Waals surface area contributed by atoms with Gasteiger partial charge in [0.1, 0.15) is 29.0 Å². The van der Waals surface area contributed by atoms with Crippen LogP contribution in [0.3, 0.4) is 0 Å². The summed E-state index contributed by atoms with van der Waals surface area (Å²) in [7, 11) is 1.28. The van der Waals surface area contributed by atoms with Crippen molar-refractivity contribution in [3.63, 3.8) is 0 Å². The van der Waals surface area contributed by atoms with Gasteiger partial charge in [0.05, 0.1) is 31.1 Å². The average Bonchev–Trinajstić information content (AvgIpc) is 3.19. The molecule has 0 spiro atoms. The summed E-state index contributed by atoms with van der Waals surface area (Å²) in [6, 6.07) is 5.16. The van der Waals surface area contributed by atoms with Gasteiger partial charge in [0.2, 0.25) is 0 Å². The standard InChI is InChI=1S/C19H16F3N3O4/c1-28-15-4-9(11-7-23-25-8-10(26)2-3-14(11)25)5-16(29-19(21)22)17(15)18(27)24-13-6-12(13)20/h2-5,7-8,12-13,19,26H,6H2,1H3,(H,24,27)/t12-,13+/m0/s1. The number of aromatic nitrogens is 2. The maximum atomic E-state index is 13.1. The van der Waals surface area contributed by atoms with Crippen molar-refractivity contribution in [1.82, 2.24) is 14.9 Å². The molecule has 3 aromatic rings. The highest BCUT2D eigenvalue weighted by molar-refractivity contribution is 6.01. The van der Waals surface area contributed by atoms with Crippen LogP contribution in [0.5, 0.6) is 17.2 Å². The van der Waals surface area contributed by atoms with Gasteiger partial charge in [0, 0.05) is 12.0 Å². The molecule has 1 amide bonds. The molecule has 2 heterocycles. The monoisotopic (exact) mass is 407 g/mol. The lowest BCUT2D eigenvalue weighted by atomic mass is 10.0. The van der Waals surface area contributed by atoms with Gasteiger partial charge in [-0.1, -0.05) is 0 Å². The minimum atomic E-state index is -3.18. The predicted octanol–water partition coefficient (Wildman–Crippen LogP) is 3.16. The average molecular weight is 407 g/mol. The lowest BCUT2D eigenvalue weighted by Gasteiger charge is -2.16. The number of aromatic hydroxyl groups is 1. The quantitative estimate of drug-likeness (QED) is 0.656. The van der Waals surface area contributed by atoms with Gasteiger partial charge in [0.15, 0.2) is 0 Å². The number of hydrogen-bond acceptors (Lipinski definition) is 5. The Balaban J connectivity index is 1.82. The molecule has 1 aromatic carbocycles. The number of rotatable bonds is 6. The van der Waals surface area contributed by atoms with Crippen LogP contribution in [0.4, 0.5) is 13.2 Å². The van der Waals surface area contributed by atoms with E-state index in [9.17, 15) is 23.1 Å². The second-order valence-corrected chi connectivity index (χ2v) is 6.54. The summed E-state index contributed by atoms with van der Waals surface area (Å²) in [6.45, 7) is -3.18. The molecule has 7 nitrogen and oxygen atoms in total. The molecule has 29 heavy (non-hydrogen) atoms. The molecule has 2 atom stereocenters. The molecule has 2 N–H and O–H groups in total. The highest BCUT2D eigenvalue weighted by atomic mass is 19.3. The van der Waals surface area contributed by atoms with Gasteiger partial charge in [0.25, 0.3) is 5.91 Å². The number of nitrogens with one attached hydrogen (secondary N) is 1. The number of carbonyl (C=O) groups is 1. The van der Waals surface area contributed by atoms with Gasteiger partial charge in [-0.2, -0.15) is 13.9 Å². The molecule has 10 heteroatoms. The van der Waals surface area contributed by atoms with Crippen molar-refractivity contribution in [2.24, 2.45) is 0 Å². The summed E-state index contributed by atoms with van der Waals surface area (Å²) in [5, 5.41) is 16.1. The smallest absolute Gasteiger partial charge is 0.387 e. The maximum absolute atomic E-state index is 13.1. The fourth-order valence-electron chi connectivity index (χ4n) is 3.07. The number of hydrogen-bond donors (Lipinski definition) is 2. The van der Waals surface area contributed by atoms with Crippen molar-refractivity contribution in [1.29, 1.82) is 0 Å². The van der Waals surface area contributed by atoms with Crippen LogP contribution >= 0.6 is 0 Å². The first kappa shape index (κ1) is 18.9. The van der Waals surface area contributed by atoms with E-state index < -0.39 is 30.5 Å². The number of halogens is 3. The lowest BCUT2D eigenvalue weighted by molar-refractivity contribution is -0.0502. The van der Waals surface area contributed by atoms with Crippen LogP contribution in [0.15, 0.2) is 36.7 Å². The van der Waals surface area contributed by atoms with Crippen LogP contribution < -0.4 is 14.8 Å². The number of benzene rings is 1. The molecule has 0 saturated heterocycles. The van der Waals surface area contributed by atoms with Gasteiger partial charge in [-0.3, -0.25) is 4.79 Å². The fourth-order valence-corrected chi connectivity index (χ4v) is 3.07. The largest absolute Gasteiger partial charge is 0.506 e. The summed E-state index contributed by atoms with van der Waals surface area (Å²) in [5.41, 5.74) is 1.29. The van der Waals surface area contributed by atoms with Crippen LogP contribution in [0, 0.1) is 0 Å². The number of nitrogens with zero attached hydrogens (tertiary/aromatic N) is 2. The summed E-state index contributed by atoms with van der Waals surface area (Å²) in [4.78, 5) is 12.5. The normalized spacial score (nSPS) is 18.1. The molecule has 0 radical (unpaired) electrons. The number of alkyl halides is 3. The summed E-state index contributed by atoms with van der Waals surface area (Å²) in [5.74, 6) is -1.17. The van der Waals surface area contributed by atoms with Crippen LogP contribution in [0.2, 0.25) is 0 Å². The molecular weight excluding hydrogens is 391 g/mol. The van der Waals surface area contributed by atoms with E-state index in [0.29, 0.717) is 16.6 Å². The van der Waals surface area contributed by atoms with Crippen molar-refractivity contribution in [3.05, 3.63) is 42.2 Å². The number of fused-ring (bicyclic) bond motifs is 1. The second-order valence-electron chi connectivity index (χ2n) is 6.54. The van der Waals surface area contributed by atoms with E-state index in [0.717, 1.165) is 0 Å². The Labute approximate surface area is 162 Å². The highest BCUT2D eigenvalue weighted by Crippen LogP contribution is 2.38. The third-order valence-electron chi connectivity index (χ3n) is 4.57. The van der Waals surface area contributed by atoms with Crippen molar-refractivity contribution in [2.45, 2.75) is 25.2 Å². The topological polar surface area (TPSA) is 85.1 Å². The minimum Gasteiger partial charge on any atom is -0.506 e. The third kappa shape index (κ3) is 3.65.